The fourth-order valence-corrected chi connectivity index (χ4v) is 5.60. The number of carbonyl (C=O) groups excluding carboxylic acids is 1. The Labute approximate surface area is 253 Å². The molecule has 0 saturated carbocycles. The molecule has 0 N–H and O–H groups in total. The number of rotatable bonds is 13. The van der Waals surface area contributed by atoms with Gasteiger partial charge in [-0.05, 0) is 56.9 Å². The van der Waals surface area contributed by atoms with Crippen LogP contribution in [0.5, 0.6) is 0 Å². The van der Waals surface area contributed by atoms with Gasteiger partial charge in [-0.15, -0.1) is 0 Å². The average molecular weight is 563 g/mol. The summed E-state index contributed by atoms with van der Waals surface area (Å²) in [4.78, 5) is 18.6. The Bertz CT molecular complexity index is 1300. The fourth-order valence-electron chi connectivity index (χ4n) is 5.60. The van der Waals surface area contributed by atoms with Gasteiger partial charge in [0.1, 0.15) is 5.60 Å². The molecule has 4 aromatic rings. The van der Waals surface area contributed by atoms with Crippen LogP contribution in [0.1, 0.15) is 69.3 Å². The van der Waals surface area contributed by atoms with Crippen LogP contribution in [0.25, 0.3) is 0 Å². The number of esters is 1. The molecule has 0 radical (unpaired) electrons. The summed E-state index contributed by atoms with van der Waals surface area (Å²) in [6, 6.07) is 42.4. The summed E-state index contributed by atoms with van der Waals surface area (Å²) in [5, 5.41) is 0. The van der Waals surface area contributed by atoms with Crippen molar-refractivity contribution >= 4 is 5.97 Å². The highest BCUT2D eigenvalue weighted by atomic mass is 16.6. The van der Waals surface area contributed by atoms with Crippen LogP contribution < -0.4 is 0 Å². The molecule has 3 atom stereocenters. The molecule has 0 aliphatic heterocycles. The second-order valence-electron chi connectivity index (χ2n) is 12.2. The Morgan fingerprint density at radius 1 is 0.643 bits per heavy atom. The average Bonchev–Trinajstić information content (AvgIpc) is 2.99. The van der Waals surface area contributed by atoms with E-state index >= 15 is 0 Å². The van der Waals surface area contributed by atoms with Gasteiger partial charge in [-0.3, -0.25) is 14.6 Å². The van der Waals surface area contributed by atoms with E-state index in [1.807, 2.05) is 20.8 Å². The molecule has 0 heterocycles. The summed E-state index contributed by atoms with van der Waals surface area (Å²) in [6.07, 6.45) is 0.294. The van der Waals surface area contributed by atoms with E-state index in [0.717, 1.165) is 19.6 Å². The van der Waals surface area contributed by atoms with Crippen molar-refractivity contribution in [2.24, 2.45) is 0 Å². The second-order valence-corrected chi connectivity index (χ2v) is 12.2. The van der Waals surface area contributed by atoms with Crippen molar-refractivity contribution in [1.82, 2.24) is 9.80 Å². The highest BCUT2D eigenvalue weighted by Crippen LogP contribution is 2.31. The van der Waals surface area contributed by atoms with Crippen molar-refractivity contribution in [2.45, 2.75) is 84.4 Å². The Kier molecular flexibility index (Phi) is 11.1. The van der Waals surface area contributed by atoms with E-state index in [1.54, 1.807) is 0 Å². The Balaban J connectivity index is 1.76. The van der Waals surface area contributed by atoms with Crippen molar-refractivity contribution in [3.05, 3.63) is 144 Å². The van der Waals surface area contributed by atoms with Crippen LogP contribution in [-0.2, 0) is 29.2 Å². The van der Waals surface area contributed by atoms with E-state index in [4.69, 9.17) is 4.74 Å². The van der Waals surface area contributed by atoms with Gasteiger partial charge in [0.15, 0.2) is 0 Å². The minimum atomic E-state index is -0.548. The van der Waals surface area contributed by atoms with Crippen molar-refractivity contribution in [1.29, 1.82) is 0 Å². The molecule has 0 fully saturated rings. The lowest BCUT2D eigenvalue weighted by molar-refractivity contribution is -0.157. The van der Waals surface area contributed by atoms with Crippen molar-refractivity contribution in [2.75, 3.05) is 0 Å². The number of benzene rings is 4. The smallest absolute Gasteiger partial charge is 0.307 e. The highest BCUT2D eigenvalue weighted by molar-refractivity contribution is 5.70. The molecule has 0 aromatic heterocycles. The normalized spacial score (nSPS) is 14.0. The van der Waals surface area contributed by atoms with Crippen LogP contribution in [0, 0.1) is 0 Å². The Hall–Kier alpha value is -3.73. The molecular formula is C38H46N2O2. The molecule has 0 spiro atoms. The number of hydrogen-bond donors (Lipinski definition) is 0. The Morgan fingerprint density at radius 2 is 1.05 bits per heavy atom. The molecule has 0 saturated heterocycles. The largest absolute Gasteiger partial charge is 0.460 e. The second kappa shape index (κ2) is 14.9. The molecule has 0 amide bonds. The molecule has 0 aliphatic rings. The molecular weight excluding hydrogens is 516 g/mol. The fraction of sp³-hybridized carbons (Fsp3) is 0.342. The maximum absolute atomic E-state index is 13.6. The maximum Gasteiger partial charge on any atom is 0.307 e. The van der Waals surface area contributed by atoms with Gasteiger partial charge in [-0.2, -0.15) is 0 Å². The van der Waals surface area contributed by atoms with Crippen LogP contribution in [0.2, 0.25) is 0 Å². The lowest BCUT2D eigenvalue weighted by atomic mass is 9.95. The van der Waals surface area contributed by atoms with Crippen LogP contribution in [-0.4, -0.2) is 33.5 Å². The first-order chi connectivity index (χ1) is 20.2. The first-order valence-corrected chi connectivity index (χ1v) is 15.1. The SMILES string of the molecule is C[C@H](c1ccccc1)N(Cc1ccccc1)[C@@H](CC(=O)OC(C)(C)C)[C@H](C)N(Cc1ccccc1)Cc1ccccc1. The molecule has 4 nitrogen and oxygen atoms in total. The van der Waals surface area contributed by atoms with Gasteiger partial charge < -0.3 is 4.74 Å². The summed E-state index contributed by atoms with van der Waals surface area (Å²) in [6.45, 7) is 12.6. The van der Waals surface area contributed by atoms with Gasteiger partial charge in [-0.25, -0.2) is 0 Å². The Morgan fingerprint density at radius 3 is 1.48 bits per heavy atom. The lowest BCUT2D eigenvalue weighted by Crippen LogP contribution is -2.51. The summed E-state index contributed by atoms with van der Waals surface area (Å²) in [5.41, 5.74) is 4.41. The summed E-state index contributed by atoms with van der Waals surface area (Å²) < 4.78 is 5.94. The van der Waals surface area contributed by atoms with E-state index in [2.05, 4.69) is 145 Å². The van der Waals surface area contributed by atoms with Crippen molar-refractivity contribution < 1.29 is 9.53 Å². The molecule has 4 rings (SSSR count). The van der Waals surface area contributed by atoms with Gasteiger partial charge in [0.05, 0.1) is 6.42 Å². The molecule has 42 heavy (non-hydrogen) atoms. The van der Waals surface area contributed by atoms with E-state index in [9.17, 15) is 4.79 Å². The molecule has 0 aliphatic carbocycles. The van der Waals surface area contributed by atoms with Crippen molar-refractivity contribution in [3.8, 4) is 0 Å². The molecule has 4 aromatic carbocycles. The first-order valence-electron chi connectivity index (χ1n) is 15.1. The van der Waals surface area contributed by atoms with Gasteiger partial charge in [-0.1, -0.05) is 121 Å². The highest BCUT2D eigenvalue weighted by Gasteiger charge is 2.35. The van der Waals surface area contributed by atoms with Crippen molar-refractivity contribution in [3.63, 3.8) is 0 Å². The summed E-state index contributed by atoms with van der Waals surface area (Å²) in [7, 11) is 0. The minimum Gasteiger partial charge on any atom is -0.460 e. The van der Waals surface area contributed by atoms with Crippen LogP contribution in [0.4, 0.5) is 0 Å². The zero-order chi connectivity index (χ0) is 30.0. The zero-order valence-electron chi connectivity index (χ0n) is 25.8. The monoisotopic (exact) mass is 562 g/mol. The van der Waals surface area contributed by atoms with Gasteiger partial charge in [0.2, 0.25) is 0 Å². The number of carbonyl (C=O) groups is 1. The third kappa shape index (κ3) is 9.40. The summed E-state index contributed by atoms with van der Waals surface area (Å²) >= 11 is 0. The summed E-state index contributed by atoms with van der Waals surface area (Å²) in [5.74, 6) is -0.169. The standard InChI is InChI=1S/C38H46N2O2/c1-30(35-24-16-9-17-25-35)40(29-34-22-14-8-15-23-34)36(26-37(41)42-38(3,4)5)31(2)39(27-32-18-10-6-11-19-32)28-33-20-12-7-13-21-33/h6-25,30-31,36H,26-29H2,1-5H3/t30-,31+,36+/m1/s1. The van der Waals surface area contributed by atoms with Gasteiger partial charge in [0, 0.05) is 37.8 Å². The predicted octanol–water partition coefficient (Wildman–Crippen LogP) is 8.44. The molecule has 220 valence electrons. The third-order valence-corrected chi connectivity index (χ3v) is 7.80. The third-order valence-electron chi connectivity index (χ3n) is 7.80. The van der Waals surface area contributed by atoms with Gasteiger partial charge >= 0.3 is 5.97 Å². The van der Waals surface area contributed by atoms with E-state index in [-0.39, 0.29) is 24.1 Å². The molecule has 0 unspecified atom stereocenters. The predicted molar refractivity (Wildman–Crippen MR) is 173 cm³/mol. The number of nitrogens with zero attached hydrogens (tertiary/aromatic N) is 2. The number of hydrogen-bond acceptors (Lipinski definition) is 4. The number of ether oxygens (including phenoxy) is 1. The maximum atomic E-state index is 13.6. The lowest BCUT2D eigenvalue weighted by Gasteiger charge is -2.44. The quantitative estimate of drug-likeness (QED) is 0.153. The van der Waals surface area contributed by atoms with Gasteiger partial charge in [0.25, 0.3) is 0 Å². The molecule has 0 bridgehead atoms. The van der Waals surface area contributed by atoms with Crippen LogP contribution >= 0.6 is 0 Å². The zero-order valence-corrected chi connectivity index (χ0v) is 25.8. The van der Waals surface area contributed by atoms with E-state index < -0.39 is 5.60 Å². The first kappa shape index (κ1) is 31.2. The van der Waals surface area contributed by atoms with E-state index in [0.29, 0.717) is 6.42 Å². The topological polar surface area (TPSA) is 32.8 Å². The van der Waals surface area contributed by atoms with Crippen LogP contribution in [0.15, 0.2) is 121 Å². The van der Waals surface area contributed by atoms with E-state index in [1.165, 1.54) is 22.3 Å². The van der Waals surface area contributed by atoms with Crippen LogP contribution in [0.3, 0.4) is 0 Å². The minimum absolute atomic E-state index is 0.0350. The molecule has 4 heteroatoms.